The molecule has 0 bridgehead atoms. The molecule has 23 heavy (non-hydrogen) atoms. The van der Waals surface area contributed by atoms with Crippen molar-refractivity contribution in [1.29, 1.82) is 0 Å². The van der Waals surface area contributed by atoms with Gasteiger partial charge in [-0.2, -0.15) is 0 Å². The first-order valence-corrected chi connectivity index (χ1v) is 8.27. The van der Waals surface area contributed by atoms with Crippen LogP contribution in [0.3, 0.4) is 0 Å². The first-order chi connectivity index (χ1) is 10.9. The molecule has 0 atom stereocenters. The zero-order valence-electron chi connectivity index (χ0n) is 13.9. The first-order valence-electron chi connectivity index (χ1n) is 7.45. The van der Waals surface area contributed by atoms with Crippen molar-refractivity contribution in [3.63, 3.8) is 0 Å². The second kappa shape index (κ2) is 7.00. The van der Waals surface area contributed by atoms with E-state index in [0.29, 0.717) is 40.1 Å². The average Bonchev–Trinajstić information content (AvgIpc) is 2.99. The largest absolute Gasteiger partial charge is 0.484 e. The summed E-state index contributed by atoms with van der Waals surface area (Å²) in [6, 6.07) is 1.83. The highest BCUT2D eigenvalue weighted by atomic mass is 32.1. The minimum Gasteiger partial charge on any atom is -0.484 e. The Bertz CT molecular complexity index is 705. The number of hydrogen-bond donors (Lipinski definition) is 0. The Kier molecular flexibility index (Phi) is 5.26. The predicted molar refractivity (Wildman–Crippen MR) is 88.7 cm³/mol. The third-order valence-electron chi connectivity index (χ3n) is 3.36. The van der Waals surface area contributed by atoms with E-state index in [-0.39, 0.29) is 0 Å². The molecule has 6 heteroatoms. The molecule has 0 saturated carbocycles. The third-order valence-corrected chi connectivity index (χ3v) is 4.32. The van der Waals surface area contributed by atoms with Gasteiger partial charge in [0.05, 0.1) is 24.4 Å². The smallest absolute Gasteiger partial charge is 0.347 e. The summed E-state index contributed by atoms with van der Waals surface area (Å²) in [6.45, 7) is 10.2. The minimum absolute atomic E-state index is 0.303. The number of thiophene rings is 1. The average molecular weight is 336 g/mol. The Morgan fingerprint density at radius 2 is 1.65 bits per heavy atom. The SMILES string of the molecule is CCOc1cc(/C(C)=C2\C(=O)OC(=O)C2=C(C)C)c(OCC)s1. The highest BCUT2D eigenvalue weighted by Gasteiger charge is 2.36. The predicted octanol–water partition coefficient (Wildman–Crippen LogP) is 3.74. The molecular formula is C17H20O5S. The van der Waals surface area contributed by atoms with E-state index < -0.39 is 11.9 Å². The number of allylic oxidation sites excluding steroid dienone is 2. The van der Waals surface area contributed by atoms with Crippen molar-refractivity contribution >= 4 is 28.8 Å². The monoisotopic (exact) mass is 336 g/mol. The van der Waals surface area contributed by atoms with E-state index in [1.807, 2.05) is 19.9 Å². The van der Waals surface area contributed by atoms with Crippen LogP contribution in [0.5, 0.6) is 10.1 Å². The zero-order valence-corrected chi connectivity index (χ0v) is 14.8. The summed E-state index contributed by atoms with van der Waals surface area (Å²) >= 11 is 1.38. The molecule has 0 aliphatic carbocycles. The number of carbonyl (C=O) groups excluding carboxylic acids is 2. The standard InChI is InChI=1S/C17H20O5S/c1-6-20-12-8-11(17(23-12)21-7-2)10(5)14-13(9(3)4)15(18)22-16(14)19/h8H,6-7H2,1-5H3/b14-10-. The number of esters is 2. The molecule has 2 heterocycles. The Balaban J connectivity index is 2.61. The van der Waals surface area contributed by atoms with Crippen molar-refractivity contribution < 1.29 is 23.8 Å². The van der Waals surface area contributed by atoms with E-state index in [0.717, 1.165) is 11.1 Å². The van der Waals surface area contributed by atoms with Crippen LogP contribution in [0.15, 0.2) is 22.8 Å². The fraction of sp³-hybridized carbons (Fsp3) is 0.412. The van der Waals surface area contributed by atoms with Gasteiger partial charge in [0.15, 0.2) is 10.1 Å². The van der Waals surface area contributed by atoms with E-state index in [2.05, 4.69) is 0 Å². The Hall–Kier alpha value is -2.08. The number of hydrogen-bond acceptors (Lipinski definition) is 6. The molecule has 2 rings (SSSR count). The summed E-state index contributed by atoms with van der Waals surface area (Å²) in [5.74, 6) is -1.21. The second-order valence-corrected chi connectivity index (χ2v) is 6.16. The maximum atomic E-state index is 12.1. The van der Waals surface area contributed by atoms with E-state index in [1.54, 1.807) is 20.8 Å². The fourth-order valence-corrected chi connectivity index (χ4v) is 3.42. The molecule has 1 aromatic heterocycles. The van der Waals surface area contributed by atoms with Crippen molar-refractivity contribution in [2.24, 2.45) is 0 Å². The lowest BCUT2D eigenvalue weighted by atomic mass is 9.96. The number of carbonyl (C=O) groups is 2. The van der Waals surface area contributed by atoms with Crippen LogP contribution in [0.2, 0.25) is 0 Å². The summed E-state index contributed by atoms with van der Waals surface area (Å²) < 4.78 is 16.0. The molecule has 0 spiro atoms. The molecule has 0 amide bonds. The van der Waals surface area contributed by atoms with Crippen LogP contribution in [0.25, 0.3) is 5.57 Å². The lowest BCUT2D eigenvalue weighted by Crippen LogP contribution is -2.00. The lowest BCUT2D eigenvalue weighted by molar-refractivity contribution is -0.149. The topological polar surface area (TPSA) is 61.8 Å². The minimum atomic E-state index is -0.615. The van der Waals surface area contributed by atoms with Gasteiger partial charge < -0.3 is 14.2 Å². The Morgan fingerprint density at radius 3 is 2.22 bits per heavy atom. The molecule has 1 aromatic rings. The maximum absolute atomic E-state index is 12.1. The van der Waals surface area contributed by atoms with Gasteiger partial charge in [-0.15, -0.1) is 0 Å². The summed E-state index contributed by atoms with van der Waals surface area (Å²) in [4.78, 5) is 24.0. The van der Waals surface area contributed by atoms with E-state index in [9.17, 15) is 9.59 Å². The Labute approximate surface area is 139 Å². The van der Waals surface area contributed by atoms with E-state index >= 15 is 0 Å². The van der Waals surface area contributed by atoms with E-state index in [1.165, 1.54) is 11.3 Å². The lowest BCUT2D eigenvalue weighted by Gasteiger charge is -2.07. The quantitative estimate of drug-likeness (QED) is 0.466. The van der Waals surface area contributed by atoms with Crippen LogP contribution in [-0.4, -0.2) is 25.2 Å². The van der Waals surface area contributed by atoms with Gasteiger partial charge in [-0.25, -0.2) is 9.59 Å². The van der Waals surface area contributed by atoms with Gasteiger partial charge in [-0.1, -0.05) is 16.9 Å². The maximum Gasteiger partial charge on any atom is 0.347 e. The summed E-state index contributed by atoms with van der Waals surface area (Å²) in [5.41, 5.74) is 2.78. The van der Waals surface area contributed by atoms with Crippen LogP contribution in [0, 0.1) is 0 Å². The van der Waals surface area contributed by atoms with Gasteiger partial charge in [-0.05, 0) is 40.2 Å². The number of ether oxygens (including phenoxy) is 3. The van der Waals surface area contributed by atoms with Crippen molar-refractivity contribution in [2.75, 3.05) is 13.2 Å². The van der Waals surface area contributed by atoms with Crippen molar-refractivity contribution in [1.82, 2.24) is 0 Å². The van der Waals surface area contributed by atoms with Gasteiger partial charge in [0.2, 0.25) is 0 Å². The first kappa shape index (κ1) is 17.3. The summed E-state index contributed by atoms with van der Waals surface area (Å²) in [6.07, 6.45) is 0. The highest BCUT2D eigenvalue weighted by molar-refractivity contribution is 7.16. The van der Waals surface area contributed by atoms with Crippen molar-refractivity contribution in [3.8, 4) is 10.1 Å². The molecule has 1 aliphatic heterocycles. The number of cyclic esters (lactones) is 2. The molecule has 0 aromatic carbocycles. The van der Waals surface area contributed by atoms with Crippen LogP contribution >= 0.6 is 11.3 Å². The molecule has 124 valence electrons. The molecule has 1 saturated heterocycles. The molecular weight excluding hydrogens is 316 g/mol. The summed E-state index contributed by atoms with van der Waals surface area (Å²) in [5, 5.41) is 1.38. The van der Waals surface area contributed by atoms with Gasteiger partial charge in [0.1, 0.15) is 0 Å². The van der Waals surface area contributed by atoms with Crippen molar-refractivity contribution in [2.45, 2.75) is 34.6 Å². The van der Waals surface area contributed by atoms with Gasteiger partial charge in [-0.3, -0.25) is 0 Å². The zero-order chi connectivity index (χ0) is 17.1. The van der Waals surface area contributed by atoms with Gasteiger partial charge in [0, 0.05) is 11.6 Å². The van der Waals surface area contributed by atoms with Crippen LogP contribution in [-0.2, 0) is 14.3 Å². The van der Waals surface area contributed by atoms with Crippen LogP contribution < -0.4 is 9.47 Å². The Morgan fingerprint density at radius 1 is 1.04 bits per heavy atom. The molecule has 5 nitrogen and oxygen atoms in total. The molecule has 1 aliphatic rings. The second-order valence-electron chi connectivity index (χ2n) is 5.18. The molecule has 0 N–H and O–H groups in total. The normalized spacial score (nSPS) is 16.5. The van der Waals surface area contributed by atoms with Crippen LogP contribution in [0.1, 0.15) is 40.2 Å². The van der Waals surface area contributed by atoms with Gasteiger partial charge in [0.25, 0.3) is 0 Å². The van der Waals surface area contributed by atoms with Crippen LogP contribution in [0.4, 0.5) is 0 Å². The highest BCUT2D eigenvalue weighted by Crippen LogP contribution is 2.43. The molecule has 1 fully saturated rings. The van der Waals surface area contributed by atoms with Gasteiger partial charge >= 0.3 is 11.9 Å². The molecule has 0 unspecified atom stereocenters. The van der Waals surface area contributed by atoms with E-state index in [4.69, 9.17) is 14.2 Å². The third kappa shape index (κ3) is 3.32. The van der Waals surface area contributed by atoms with Crippen molar-refractivity contribution in [3.05, 3.63) is 28.3 Å². The number of rotatable bonds is 5. The fourth-order valence-electron chi connectivity index (χ4n) is 2.39. The molecule has 0 radical (unpaired) electrons. The summed E-state index contributed by atoms with van der Waals surface area (Å²) in [7, 11) is 0.